The van der Waals surface area contributed by atoms with E-state index in [-0.39, 0.29) is 38.6 Å². The van der Waals surface area contributed by atoms with Crippen molar-refractivity contribution in [3.8, 4) is 0 Å². The Bertz CT molecular complexity index is 1960. The Morgan fingerprint density at radius 2 is 0.651 bits per heavy atom. The number of carbonyl (C=O) groups excluding carboxylic acids is 3. The zero-order valence-corrected chi connectivity index (χ0v) is 53.0. The summed E-state index contributed by atoms with van der Waals surface area (Å²) in [6.45, 7) is 4.45. The Hall–Kier alpha value is -5.35. The minimum atomic E-state index is -1.64. The van der Waals surface area contributed by atoms with Gasteiger partial charge in [0.25, 0.3) is 0 Å². The molecule has 0 aliphatic rings. The van der Waals surface area contributed by atoms with Crippen molar-refractivity contribution in [1.29, 1.82) is 0 Å². The molecule has 0 aliphatic heterocycles. The molecule has 0 saturated carbocycles. The topological polar surface area (TPSA) is 111 Å². The number of carboxylic acids is 1. The van der Waals surface area contributed by atoms with Crippen LogP contribution < -0.4 is 5.11 Å². The zero-order chi connectivity index (χ0) is 60.5. The molecule has 0 aromatic heterocycles. The van der Waals surface area contributed by atoms with Gasteiger partial charge in [-0.2, -0.15) is 0 Å². The molecule has 0 aromatic rings. The Morgan fingerprint density at radius 1 is 0.361 bits per heavy atom. The third-order valence-corrected chi connectivity index (χ3v) is 13.0. The van der Waals surface area contributed by atoms with E-state index in [2.05, 4.69) is 184 Å². The average molecular weight is 1150 g/mol. The predicted octanol–water partition coefficient (Wildman–Crippen LogP) is 18.6. The molecule has 0 amide bonds. The fourth-order valence-electron chi connectivity index (χ4n) is 8.08. The van der Waals surface area contributed by atoms with Crippen LogP contribution in [0.2, 0.25) is 0 Å². The maximum atomic E-state index is 12.9. The van der Waals surface area contributed by atoms with Gasteiger partial charge in [-0.3, -0.25) is 9.59 Å². The number of hydrogen-bond acceptors (Lipinski definition) is 8. The van der Waals surface area contributed by atoms with Gasteiger partial charge in [-0.05, 0) is 128 Å². The van der Waals surface area contributed by atoms with Crippen LogP contribution in [0.15, 0.2) is 170 Å². The SMILES string of the molecule is CC/C=C\C/C=C\C/C=C\C/C=C\C/C=C\C/C=C\C/C=C\C/C=C\C/C=C\CCCCCC(=O)OC(COC(=O)CCCCCCCCCCCCC/C=C\C/C=C\C/C=C\C/C=C\C/C=C\CC)COC(OCC[N+](C)(C)C)C(=O)[O-]. The number of carbonyl (C=O) groups is 3. The lowest BCUT2D eigenvalue weighted by molar-refractivity contribution is -0.870. The average Bonchev–Trinajstić information content (AvgIpc) is 3.46. The van der Waals surface area contributed by atoms with E-state index in [1.165, 1.54) is 44.9 Å². The molecular weight excluding hydrogens is 1030 g/mol. The molecule has 0 N–H and O–H groups in total. The van der Waals surface area contributed by atoms with Crippen LogP contribution >= 0.6 is 0 Å². The second-order valence-corrected chi connectivity index (χ2v) is 21.9. The summed E-state index contributed by atoms with van der Waals surface area (Å²) in [7, 11) is 5.90. The van der Waals surface area contributed by atoms with Gasteiger partial charge in [0.05, 0.1) is 40.3 Å². The summed E-state index contributed by atoms with van der Waals surface area (Å²) < 4.78 is 22.7. The van der Waals surface area contributed by atoms with Crippen LogP contribution in [0.3, 0.4) is 0 Å². The number of unbranched alkanes of at least 4 members (excludes halogenated alkanes) is 14. The second kappa shape index (κ2) is 62.7. The highest BCUT2D eigenvalue weighted by molar-refractivity contribution is 5.70. The standard InChI is InChI=1S/C74H117NO8/c1-6-8-10-12-14-16-18-20-22-24-26-28-30-32-34-35-36-37-39-41-43-45-47-49-51-53-55-57-59-61-63-65-72(77)83-70(69-82-74(73(78)79)80-67-66-75(3,4)5)68-81-71(76)64-62-60-58-56-54-52-50-48-46-44-42-40-38-33-31-29-27-25-23-21-19-17-15-13-11-9-7-2/h8-11,14-17,20-23,26-29,32-34,36-38,41,43,47,49,53,55,70,74H,6-7,12-13,18-19,24-25,30-31,35,39-40,42,44-46,48,50-52,54,56-69H2,1-5H3/b10-8-,11-9-,16-14-,17-15-,22-20-,23-21-,28-26-,29-27-,34-32-,37-36-,38-33-,43-41-,49-47-,55-53-. The molecule has 0 fully saturated rings. The summed E-state index contributed by atoms with van der Waals surface area (Å²) >= 11 is 0. The van der Waals surface area contributed by atoms with Crippen LogP contribution in [0.5, 0.6) is 0 Å². The van der Waals surface area contributed by atoms with E-state index in [9.17, 15) is 19.5 Å². The first kappa shape index (κ1) is 77.7. The zero-order valence-electron chi connectivity index (χ0n) is 53.0. The Balaban J connectivity index is 4.32. The number of hydrogen-bond donors (Lipinski definition) is 0. The monoisotopic (exact) mass is 1150 g/mol. The summed E-state index contributed by atoms with van der Waals surface area (Å²) in [5.74, 6) is -2.35. The van der Waals surface area contributed by atoms with Crippen molar-refractivity contribution in [2.45, 2.75) is 232 Å². The third kappa shape index (κ3) is 64.1. The van der Waals surface area contributed by atoms with Crippen LogP contribution in [-0.4, -0.2) is 82.3 Å². The lowest BCUT2D eigenvalue weighted by atomic mass is 10.0. The van der Waals surface area contributed by atoms with E-state index < -0.39 is 24.3 Å². The molecule has 9 heteroatoms. The molecular formula is C74H117NO8. The van der Waals surface area contributed by atoms with Crippen molar-refractivity contribution >= 4 is 17.9 Å². The minimum Gasteiger partial charge on any atom is -0.545 e. The molecule has 0 spiro atoms. The summed E-state index contributed by atoms with van der Waals surface area (Å²) in [5.41, 5.74) is 0. The number of ether oxygens (including phenoxy) is 4. The third-order valence-electron chi connectivity index (χ3n) is 13.0. The highest BCUT2D eigenvalue weighted by atomic mass is 16.7. The molecule has 2 atom stereocenters. The summed E-state index contributed by atoms with van der Waals surface area (Å²) in [6.07, 6.45) is 91.2. The van der Waals surface area contributed by atoms with Crippen molar-refractivity contribution in [2.24, 2.45) is 0 Å². The number of rotatable bonds is 57. The molecule has 0 bridgehead atoms. The quantitative estimate of drug-likeness (QED) is 0.0195. The van der Waals surface area contributed by atoms with Gasteiger partial charge in [-0.1, -0.05) is 248 Å². The molecule has 466 valence electrons. The molecule has 0 heterocycles. The van der Waals surface area contributed by atoms with Gasteiger partial charge in [0.2, 0.25) is 0 Å². The van der Waals surface area contributed by atoms with E-state index in [1.807, 2.05) is 21.1 Å². The van der Waals surface area contributed by atoms with E-state index in [0.717, 1.165) is 141 Å². The highest BCUT2D eigenvalue weighted by Crippen LogP contribution is 2.14. The number of carboxylic acid groups (broad SMARTS) is 1. The highest BCUT2D eigenvalue weighted by Gasteiger charge is 2.22. The summed E-state index contributed by atoms with van der Waals surface area (Å²) in [4.78, 5) is 37.4. The maximum absolute atomic E-state index is 12.9. The van der Waals surface area contributed by atoms with Gasteiger partial charge in [0.1, 0.15) is 13.2 Å². The van der Waals surface area contributed by atoms with Crippen LogP contribution in [0.4, 0.5) is 0 Å². The smallest absolute Gasteiger partial charge is 0.306 e. The molecule has 83 heavy (non-hydrogen) atoms. The van der Waals surface area contributed by atoms with Gasteiger partial charge >= 0.3 is 11.9 Å². The number of esters is 2. The van der Waals surface area contributed by atoms with Crippen LogP contribution in [0.1, 0.15) is 219 Å². The molecule has 9 nitrogen and oxygen atoms in total. The second-order valence-electron chi connectivity index (χ2n) is 21.9. The lowest BCUT2D eigenvalue weighted by Gasteiger charge is -2.26. The number of aliphatic carboxylic acids is 1. The van der Waals surface area contributed by atoms with Crippen molar-refractivity contribution < 1.29 is 42.9 Å². The normalized spacial score (nSPS) is 13.9. The van der Waals surface area contributed by atoms with E-state index >= 15 is 0 Å². The van der Waals surface area contributed by atoms with Crippen LogP contribution in [-0.2, 0) is 33.3 Å². The minimum absolute atomic E-state index is 0.130. The molecule has 0 aromatic carbocycles. The number of nitrogens with zero attached hydrogens (tertiary/aromatic N) is 1. The fraction of sp³-hybridized carbons (Fsp3) is 0.581. The largest absolute Gasteiger partial charge is 0.545 e. The predicted molar refractivity (Wildman–Crippen MR) is 351 cm³/mol. The first-order valence-corrected chi connectivity index (χ1v) is 32.3. The molecule has 0 radical (unpaired) electrons. The molecule has 0 aliphatic carbocycles. The van der Waals surface area contributed by atoms with Crippen molar-refractivity contribution in [2.75, 3.05) is 47.5 Å². The van der Waals surface area contributed by atoms with Gasteiger partial charge in [-0.15, -0.1) is 0 Å². The summed E-state index contributed by atoms with van der Waals surface area (Å²) in [5, 5.41) is 11.8. The van der Waals surface area contributed by atoms with E-state index in [0.29, 0.717) is 17.4 Å². The van der Waals surface area contributed by atoms with Gasteiger partial charge in [0.15, 0.2) is 12.4 Å². The van der Waals surface area contributed by atoms with Crippen LogP contribution in [0.25, 0.3) is 0 Å². The van der Waals surface area contributed by atoms with Crippen molar-refractivity contribution in [3.63, 3.8) is 0 Å². The molecule has 0 rings (SSSR count). The van der Waals surface area contributed by atoms with E-state index in [1.54, 1.807) is 0 Å². The Morgan fingerprint density at radius 3 is 0.976 bits per heavy atom. The fourth-order valence-corrected chi connectivity index (χ4v) is 8.08. The van der Waals surface area contributed by atoms with Crippen molar-refractivity contribution in [1.82, 2.24) is 0 Å². The van der Waals surface area contributed by atoms with Gasteiger partial charge < -0.3 is 33.3 Å². The Labute approximate surface area is 507 Å². The summed E-state index contributed by atoms with van der Waals surface area (Å²) in [6, 6.07) is 0. The van der Waals surface area contributed by atoms with Crippen LogP contribution in [0, 0.1) is 0 Å². The number of likely N-dealkylation sites (N-methyl/N-ethyl adjacent to an activating group) is 1. The van der Waals surface area contributed by atoms with E-state index in [4.69, 9.17) is 18.9 Å². The molecule has 2 unspecified atom stereocenters. The number of allylic oxidation sites excluding steroid dienone is 28. The Kier molecular flexibility index (Phi) is 58.6. The number of quaternary nitrogens is 1. The van der Waals surface area contributed by atoms with Crippen molar-refractivity contribution in [3.05, 3.63) is 170 Å². The molecule has 0 saturated heterocycles. The first-order chi connectivity index (χ1) is 40.6. The maximum Gasteiger partial charge on any atom is 0.306 e. The first-order valence-electron chi connectivity index (χ1n) is 32.3. The van der Waals surface area contributed by atoms with Gasteiger partial charge in [-0.25, -0.2) is 0 Å². The van der Waals surface area contributed by atoms with Gasteiger partial charge in [0, 0.05) is 12.8 Å². The lowest BCUT2D eigenvalue weighted by Crippen LogP contribution is -2.44.